The fraction of sp³-hybridized carbons (Fsp3) is 0.385. The van der Waals surface area contributed by atoms with E-state index in [2.05, 4.69) is 5.32 Å². The van der Waals surface area contributed by atoms with Gasteiger partial charge >= 0.3 is 6.09 Å². The van der Waals surface area contributed by atoms with Crippen molar-refractivity contribution in [3.8, 4) is 5.75 Å². The smallest absolute Gasteiger partial charge is 0.409 e. The maximum absolute atomic E-state index is 12.1. The molecular formula is C13H15NO4. The van der Waals surface area contributed by atoms with Crippen LogP contribution >= 0.6 is 0 Å². The highest BCUT2D eigenvalue weighted by Crippen LogP contribution is 2.41. The molecule has 18 heavy (non-hydrogen) atoms. The molecule has 0 saturated carbocycles. The van der Waals surface area contributed by atoms with Crippen molar-refractivity contribution in [2.75, 3.05) is 5.32 Å². The van der Waals surface area contributed by atoms with E-state index in [9.17, 15) is 9.59 Å². The van der Waals surface area contributed by atoms with Gasteiger partial charge in [0.25, 0.3) is 0 Å². The van der Waals surface area contributed by atoms with Crippen LogP contribution in [0, 0.1) is 13.8 Å². The van der Waals surface area contributed by atoms with Crippen LogP contribution in [-0.2, 0) is 0 Å². The second-order valence-corrected chi connectivity index (χ2v) is 4.92. The summed E-state index contributed by atoms with van der Waals surface area (Å²) in [5.41, 5.74) is 1.53. The first kappa shape index (κ1) is 12.4. The van der Waals surface area contributed by atoms with Crippen LogP contribution in [-0.4, -0.2) is 22.6 Å². The van der Waals surface area contributed by atoms with Gasteiger partial charge in [-0.3, -0.25) is 10.1 Å². The summed E-state index contributed by atoms with van der Waals surface area (Å²) >= 11 is 0. The zero-order valence-corrected chi connectivity index (χ0v) is 10.7. The molecule has 0 fully saturated rings. The van der Waals surface area contributed by atoms with E-state index in [4.69, 9.17) is 9.84 Å². The molecule has 0 unspecified atom stereocenters. The average Bonchev–Trinajstić information content (AvgIpc) is 2.48. The first-order chi connectivity index (χ1) is 8.24. The Bertz CT molecular complexity index is 561. The zero-order valence-electron chi connectivity index (χ0n) is 10.7. The summed E-state index contributed by atoms with van der Waals surface area (Å²) < 4.78 is 5.65. The average molecular weight is 249 g/mol. The van der Waals surface area contributed by atoms with Gasteiger partial charge in [0, 0.05) is 5.69 Å². The fourth-order valence-corrected chi connectivity index (χ4v) is 2.06. The minimum Gasteiger partial charge on any atom is -0.479 e. The lowest BCUT2D eigenvalue weighted by Gasteiger charge is -2.16. The van der Waals surface area contributed by atoms with Gasteiger partial charge in [-0.05, 0) is 44.9 Å². The Kier molecular flexibility index (Phi) is 2.57. The largest absolute Gasteiger partial charge is 0.479 e. The summed E-state index contributed by atoms with van der Waals surface area (Å²) in [6, 6.07) is 1.54. The molecule has 1 heterocycles. The van der Waals surface area contributed by atoms with Gasteiger partial charge in [-0.1, -0.05) is 0 Å². The Balaban J connectivity index is 2.60. The standard InChI is InChI=1S/C13H15NO4/c1-6-7(2)10-8(5-9(6)14-12(16)17)11(15)13(3,4)18-10/h5,14H,1-4H3,(H,16,17). The Morgan fingerprint density at radius 3 is 2.50 bits per heavy atom. The Labute approximate surface area is 105 Å². The van der Waals surface area contributed by atoms with Crippen LogP contribution in [0.5, 0.6) is 5.75 Å². The monoisotopic (exact) mass is 249 g/mol. The van der Waals surface area contributed by atoms with Crippen molar-refractivity contribution in [1.29, 1.82) is 0 Å². The van der Waals surface area contributed by atoms with Crippen LogP contribution in [0.3, 0.4) is 0 Å². The molecule has 96 valence electrons. The lowest BCUT2D eigenvalue weighted by Crippen LogP contribution is -2.32. The van der Waals surface area contributed by atoms with Gasteiger partial charge in [0.15, 0.2) is 5.60 Å². The number of hydrogen-bond acceptors (Lipinski definition) is 3. The topological polar surface area (TPSA) is 75.6 Å². The van der Waals surface area contributed by atoms with Crippen molar-refractivity contribution in [3.63, 3.8) is 0 Å². The summed E-state index contributed by atoms with van der Waals surface area (Å²) in [5, 5.41) is 11.1. The second kappa shape index (κ2) is 3.73. The lowest BCUT2D eigenvalue weighted by molar-refractivity contribution is 0.0683. The molecule has 5 heteroatoms. The van der Waals surface area contributed by atoms with E-state index in [1.807, 2.05) is 6.92 Å². The third kappa shape index (κ3) is 1.72. The van der Waals surface area contributed by atoms with Gasteiger partial charge < -0.3 is 9.84 Å². The minimum absolute atomic E-state index is 0.131. The number of anilines is 1. The number of nitrogens with one attached hydrogen (secondary N) is 1. The fourth-order valence-electron chi connectivity index (χ4n) is 2.06. The highest BCUT2D eigenvalue weighted by molar-refractivity contribution is 6.08. The maximum Gasteiger partial charge on any atom is 0.409 e. The van der Waals surface area contributed by atoms with E-state index in [0.717, 1.165) is 11.1 Å². The summed E-state index contributed by atoms with van der Waals surface area (Å²) in [4.78, 5) is 22.8. The SMILES string of the molecule is Cc1c(NC(=O)O)cc2c(c1C)OC(C)(C)C2=O. The van der Waals surface area contributed by atoms with E-state index < -0.39 is 11.7 Å². The van der Waals surface area contributed by atoms with Gasteiger partial charge in [0.1, 0.15) is 5.75 Å². The van der Waals surface area contributed by atoms with Crippen LogP contribution in [0.1, 0.15) is 35.3 Å². The molecule has 0 radical (unpaired) electrons. The molecule has 0 aromatic heterocycles. The number of carbonyl (C=O) groups excluding carboxylic acids is 1. The molecule has 1 aromatic carbocycles. The first-order valence-electron chi connectivity index (χ1n) is 5.62. The van der Waals surface area contributed by atoms with E-state index in [-0.39, 0.29) is 5.78 Å². The third-order valence-electron chi connectivity index (χ3n) is 3.23. The molecule has 1 aliphatic rings. The molecule has 1 amide bonds. The molecule has 0 atom stereocenters. The third-order valence-corrected chi connectivity index (χ3v) is 3.23. The second-order valence-electron chi connectivity index (χ2n) is 4.92. The van der Waals surface area contributed by atoms with E-state index in [1.54, 1.807) is 26.8 Å². The van der Waals surface area contributed by atoms with E-state index in [0.29, 0.717) is 17.0 Å². The normalized spacial score (nSPS) is 16.1. The van der Waals surface area contributed by atoms with Gasteiger partial charge in [0.2, 0.25) is 5.78 Å². The van der Waals surface area contributed by atoms with Crippen molar-refractivity contribution >= 4 is 17.6 Å². The number of fused-ring (bicyclic) bond motifs is 1. The minimum atomic E-state index is -1.15. The number of rotatable bonds is 1. The zero-order chi connectivity index (χ0) is 13.7. The van der Waals surface area contributed by atoms with Crippen LogP contribution in [0.2, 0.25) is 0 Å². The van der Waals surface area contributed by atoms with E-state index in [1.165, 1.54) is 0 Å². The summed E-state index contributed by atoms with van der Waals surface area (Å²) in [6.45, 7) is 7.01. The predicted molar refractivity (Wildman–Crippen MR) is 66.6 cm³/mol. The number of carboxylic acid groups (broad SMARTS) is 1. The molecule has 2 N–H and O–H groups in total. The van der Waals surface area contributed by atoms with Gasteiger partial charge in [-0.2, -0.15) is 0 Å². The number of carbonyl (C=O) groups is 2. The molecule has 1 aliphatic heterocycles. The quantitative estimate of drug-likeness (QED) is 0.802. The first-order valence-corrected chi connectivity index (χ1v) is 5.62. The molecule has 0 aliphatic carbocycles. The Morgan fingerprint density at radius 2 is 1.94 bits per heavy atom. The van der Waals surface area contributed by atoms with Crippen molar-refractivity contribution in [1.82, 2.24) is 0 Å². The van der Waals surface area contributed by atoms with Crippen molar-refractivity contribution in [3.05, 3.63) is 22.8 Å². The van der Waals surface area contributed by atoms with Gasteiger partial charge in [-0.15, -0.1) is 0 Å². The molecule has 1 aromatic rings. The number of ether oxygens (including phenoxy) is 1. The van der Waals surface area contributed by atoms with E-state index >= 15 is 0 Å². The van der Waals surface area contributed by atoms with Gasteiger partial charge in [0.05, 0.1) is 5.56 Å². The molecule has 0 spiro atoms. The van der Waals surface area contributed by atoms with Crippen molar-refractivity contribution in [2.45, 2.75) is 33.3 Å². The van der Waals surface area contributed by atoms with Crippen molar-refractivity contribution in [2.24, 2.45) is 0 Å². The number of benzene rings is 1. The highest BCUT2D eigenvalue weighted by Gasteiger charge is 2.41. The molecule has 5 nitrogen and oxygen atoms in total. The summed E-state index contributed by atoms with van der Waals surface area (Å²) in [6.07, 6.45) is -1.15. The maximum atomic E-state index is 12.1. The Morgan fingerprint density at radius 1 is 1.33 bits per heavy atom. The van der Waals surface area contributed by atoms with Crippen LogP contribution < -0.4 is 10.1 Å². The predicted octanol–water partition coefficient (Wildman–Crippen LogP) is 2.75. The Hall–Kier alpha value is -2.04. The van der Waals surface area contributed by atoms with Crippen molar-refractivity contribution < 1.29 is 19.4 Å². The molecule has 2 rings (SSSR count). The highest BCUT2D eigenvalue weighted by atomic mass is 16.5. The number of hydrogen-bond donors (Lipinski definition) is 2. The number of amides is 1. The van der Waals surface area contributed by atoms with Gasteiger partial charge in [-0.25, -0.2) is 4.79 Å². The lowest BCUT2D eigenvalue weighted by atomic mass is 9.96. The summed E-state index contributed by atoms with van der Waals surface area (Å²) in [5.74, 6) is 0.424. The molecule has 0 bridgehead atoms. The number of ketones is 1. The number of Topliss-reactive ketones (excluding diaryl/α,β-unsaturated/α-hetero) is 1. The van der Waals surface area contributed by atoms with Crippen LogP contribution in [0.15, 0.2) is 6.07 Å². The summed E-state index contributed by atoms with van der Waals surface area (Å²) in [7, 11) is 0. The van der Waals surface area contributed by atoms with Crippen LogP contribution in [0.25, 0.3) is 0 Å². The van der Waals surface area contributed by atoms with Crippen LogP contribution in [0.4, 0.5) is 10.5 Å². The molecule has 0 saturated heterocycles. The molecular weight excluding hydrogens is 234 g/mol.